The van der Waals surface area contributed by atoms with Crippen molar-refractivity contribution in [3.63, 3.8) is 0 Å². The van der Waals surface area contributed by atoms with Gasteiger partial charge in [0.15, 0.2) is 0 Å². The lowest BCUT2D eigenvalue weighted by Crippen LogP contribution is -2.18. The molecule has 0 aliphatic carbocycles. The third-order valence-electron chi connectivity index (χ3n) is 2.93. The van der Waals surface area contributed by atoms with Gasteiger partial charge in [-0.2, -0.15) is 0 Å². The molecule has 1 unspecified atom stereocenters. The number of rotatable bonds is 6. The van der Waals surface area contributed by atoms with E-state index in [-0.39, 0.29) is 10.9 Å². The van der Waals surface area contributed by atoms with Gasteiger partial charge >= 0.3 is 0 Å². The van der Waals surface area contributed by atoms with Crippen molar-refractivity contribution in [1.29, 1.82) is 0 Å². The van der Waals surface area contributed by atoms with E-state index in [2.05, 4.69) is 19.2 Å². The summed E-state index contributed by atoms with van der Waals surface area (Å²) >= 11 is 0. The third kappa shape index (κ3) is 5.08. The number of nitrogen functional groups attached to an aromatic ring is 1. The van der Waals surface area contributed by atoms with Crippen molar-refractivity contribution in [2.24, 2.45) is 11.1 Å². The Labute approximate surface area is 115 Å². The lowest BCUT2D eigenvalue weighted by atomic mass is 10.0. The fraction of sp³-hybridized carbons (Fsp3) is 0.538. The maximum absolute atomic E-state index is 11.3. The van der Waals surface area contributed by atoms with Crippen molar-refractivity contribution in [2.45, 2.75) is 44.6 Å². The Balaban J connectivity index is 2.83. The fourth-order valence-corrected chi connectivity index (χ4v) is 2.30. The largest absolute Gasteiger partial charge is 0.397 e. The highest BCUT2D eigenvalue weighted by atomic mass is 32.2. The van der Waals surface area contributed by atoms with E-state index in [1.54, 1.807) is 6.07 Å². The minimum atomic E-state index is -3.70. The van der Waals surface area contributed by atoms with Crippen molar-refractivity contribution in [3.8, 4) is 0 Å². The number of primary sulfonamides is 1. The molecular weight excluding hydrogens is 262 g/mol. The Morgan fingerprint density at radius 2 is 1.84 bits per heavy atom. The topological polar surface area (TPSA) is 98.2 Å². The van der Waals surface area contributed by atoms with Crippen molar-refractivity contribution in [2.75, 3.05) is 11.1 Å². The molecule has 5 nitrogen and oxygen atoms in total. The van der Waals surface area contributed by atoms with E-state index in [0.717, 1.165) is 12.8 Å². The molecule has 0 saturated carbocycles. The summed E-state index contributed by atoms with van der Waals surface area (Å²) in [5.41, 5.74) is 6.97. The molecule has 0 radical (unpaired) electrons. The first-order valence-electron chi connectivity index (χ1n) is 6.39. The van der Waals surface area contributed by atoms with Gasteiger partial charge in [-0.15, -0.1) is 0 Å². The second-order valence-corrected chi connectivity index (χ2v) is 6.87. The summed E-state index contributed by atoms with van der Waals surface area (Å²) in [6.07, 6.45) is 2.10. The predicted octanol–water partition coefficient (Wildman–Crippen LogP) is 2.15. The number of hydrogen-bond donors (Lipinski definition) is 3. The van der Waals surface area contributed by atoms with E-state index in [4.69, 9.17) is 10.9 Å². The molecule has 1 atom stereocenters. The van der Waals surface area contributed by atoms with Crippen LogP contribution in [0.1, 0.15) is 33.6 Å². The van der Waals surface area contributed by atoms with Crippen LogP contribution in [-0.4, -0.2) is 14.5 Å². The molecule has 0 amide bonds. The zero-order valence-electron chi connectivity index (χ0n) is 11.7. The van der Waals surface area contributed by atoms with Crippen LogP contribution in [0.3, 0.4) is 0 Å². The Morgan fingerprint density at radius 1 is 1.21 bits per heavy atom. The zero-order valence-corrected chi connectivity index (χ0v) is 12.5. The lowest BCUT2D eigenvalue weighted by Gasteiger charge is -2.18. The number of hydrogen-bond acceptors (Lipinski definition) is 4. The summed E-state index contributed by atoms with van der Waals surface area (Å²) in [6, 6.07) is 4.67. The molecule has 0 aliphatic heterocycles. The molecular formula is C13H23N3O2S. The first-order chi connectivity index (χ1) is 8.70. The average molecular weight is 285 g/mol. The van der Waals surface area contributed by atoms with Crippen LogP contribution in [-0.2, 0) is 10.0 Å². The molecule has 1 rings (SSSR count). The van der Waals surface area contributed by atoms with Crippen LogP contribution in [0.5, 0.6) is 0 Å². The molecule has 0 fully saturated rings. The van der Waals surface area contributed by atoms with Crippen LogP contribution < -0.4 is 16.2 Å². The molecule has 6 heteroatoms. The summed E-state index contributed by atoms with van der Waals surface area (Å²) in [4.78, 5) is 0.0697. The summed E-state index contributed by atoms with van der Waals surface area (Å²) in [5.74, 6) is 0.636. The molecule has 0 heterocycles. The van der Waals surface area contributed by atoms with E-state index in [0.29, 0.717) is 17.3 Å². The highest BCUT2D eigenvalue weighted by molar-refractivity contribution is 7.89. The lowest BCUT2D eigenvalue weighted by molar-refractivity contribution is 0.528. The van der Waals surface area contributed by atoms with E-state index in [1.807, 2.05) is 6.92 Å². The zero-order chi connectivity index (χ0) is 14.6. The molecule has 1 aromatic rings. The van der Waals surface area contributed by atoms with Crippen LogP contribution in [0.25, 0.3) is 0 Å². The minimum Gasteiger partial charge on any atom is -0.397 e. The first kappa shape index (κ1) is 15.8. The summed E-state index contributed by atoms with van der Waals surface area (Å²) < 4.78 is 22.6. The number of nitrogens with one attached hydrogen (secondary N) is 1. The Kier molecular flexibility index (Phi) is 5.20. The van der Waals surface area contributed by atoms with E-state index in [1.165, 1.54) is 12.1 Å². The second-order valence-electron chi connectivity index (χ2n) is 5.31. The van der Waals surface area contributed by atoms with Gasteiger partial charge in [-0.1, -0.05) is 13.8 Å². The van der Waals surface area contributed by atoms with Gasteiger partial charge in [-0.05, 0) is 43.9 Å². The molecule has 0 spiro atoms. The first-order valence-corrected chi connectivity index (χ1v) is 7.93. The number of sulfonamides is 1. The summed E-state index contributed by atoms with van der Waals surface area (Å²) in [6.45, 7) is 6.39. The van der Waals surface area contributed by atoms with Crippen molar-refractivity contribution >= 4 is 21.4 Å². The van der Waals surface area contributed by atoms with Crippen molar-refractivity contribution < 1.29 is 8.42 Å². The van der Waals surface area contributed by atoms with Gasteiger partial charge in [0.2, 0.25) is 10.0 Å². The Morgan fingerprint density at radius 3 is 2.37 bits per heavy atom. The fourth-order valence-electron chi connectivity index (χ4n) is 1.76. The molecule has 0 aromatic heterocycles. The standard InChI is InChI=1S/C13H23N3O2S/c1-9(2)4-5-10(3)16-13-8-11(19(15,17)18)6-7-12(13)14/h6-10,16H,4-5,14H2,1-3H3,(H2,15,17,18). The molecule has 0 bridgehead atoms. The van der Waals surface area contributed by atoms with Crippen LogP contribution in [0.2, 0.25) is 0 Å². The van der Waals surface area contributed by atoms with E-state index < -0.39 is 10.0 Å². The van der Waals surface area contributed by atoms with E-state index in [9.17, 15) is 8.42 Å². The minimum absolute atomic E-state index is 0.0697. The van der Waals surface area contributed by atoms with Gasteiger partial charge in [0.05, 0.1) is 16.3 Å². The predicted molar refractivity (Wildman–Crippen MR) is 79.4 cm³/mol. The Bertz CT molecular complexity index is 527. The maximum Gasteiger partial charge on any atom is 0.238 e. The molecule has 0 saturated heterocycles. The Hall–Kier alpha value is -1.27. The van der Waals surface area contributed by atoms with Gasteiger partial charge in [0.25, 0.3) is 0 Å². The molecule has 108 valence electrons. The highest BCUT2D eigenvalue weighted by Crippen LogP contribution is 2.23. The van der Waals surface area contributed by atoms with Gasteiger partial charge in [-0.3, -0.25) is 0 Å². The van der Waals surface area contributed by atoms with Gasteiger partial charge in [0.1, 0.15) is 0 Å². The van der Waals surface area contributed by atoms with Crippen LogP contribution >= 0.6 is 0 Å². The normalized spacial score (nSPS) is 13.5. The van der Waals surface area contributed by atoms with Crippen LogP contribution in [0.4, 0.5) is 11.4 Å². The number of anilines is 2. The van der Waals surface area contributed by atoms with Crippen LogP contribution in [0, 0.1) is 5.92 Å². The van der Waals surface area contributed by atoms with Gasteiger partial charge in [-0.25, -0.2) is 13.6 Å². The van der Waals surface area contributed by atoms with Crippen molar-refractivity contribution in [1.82, 2.24) is 0 Å². The quantitative estimate of drug-likeness (QED) is 0.697. The molecule has 5 N–H and O–H groups in total. The van der Waals surface area contributed by atoms with E-state index >= 15 is 0 Å². The second kappa shape index (κ2) is 6.25. The summed E-state index contributed by atoms with van der Waals surface area (Å²) in [5, 5.41) is 8.34. The molecule has 0 aliphatic rings. The monoisotopic (exact) mass is 285 g/mol. The number of benzene rings is 1. The average Bonchev–Trinajstić information content (AvgIpc) is 2.28. The third-order valence-corrected chi connectivity index (χ3v) is 3.84. The summed E-state index contributed by atoms with van der Waals surface area (Å²) in [7, 11) is -3.70. The molecule has 1 aromatic carbocycles. The maximum atomic E-state index is 11.3. The SMILES string of the molecule is CC(C)CCC(C)Nc1cc(S(N)(=O)=O)ccc1N. The molecule has 19 heavy (non-hydrogen) atoms. The van der Waals surface area contributed by atoms with Gasteiger partial charge in [0, 0.05) is 6.04 Å². The smallest absolute Gasteiger partial charge is 0.238 e. The number of nitrogens with two attached hydrogens (primary N) is 2. The van der Waals surface area contributed by atoms with Crippen molar-refractivity contribution in [3.05, 3.63) is 18.2 Å². The van der Waals surface area contributed by atoms with Gasteiger partial charge < -0.3 is 11.1 Å². The van der Waals surface area contributed by atoms with Crippen LogP contribution in [0.15, 0.2) is 23.1 Å². The highest BCUT2D eigenvalue weighted by Gasteiger charge is 2.12.